The lowest BCUT2D eigenvalue weighted by Gasteiger charge is -2.49. The number of nitrogens with one attached hydrogen (secondary N) is 1. The molecule has 0 spiro atoms. The molecule has 150 valence electrons. The van der Waals surface area contributed by atoms with Gasteiger partial charge in [-0.25, -0.2) is 4.39 Å². The van der Waals surface area contributed by atoms with Crippen LogP contribution in [0.25, 0.3) is 0 Å². The van der Waals surface area contributed by atoms with Crippen LogP contribution < -0.4 is 5.32 Å². The van der Waals surface area contributed by atoms with Gasteiger partial charge >= 0.3 is 0 Å². The molecule has 6 unspecified atom stereocenters. The molecule has 4 rings (SSSR count). The molecule has 0 amide bonds. The first-order chi connectivity index (χ1) is 12.2. The van der Waals surface area contributed by atoms with Crippen molar-refractivity contribution in [1.29, 1.82) is 0 Å². The Balaban J connectivity index is 0.000000613. The summed E-state index contributed by atoms with van der Waals surface area (Å²) in [5, 5.41) is 35.1. The molecular formula is C21H36FNO3. The van der Waals surface area contributed by atoms with Crippen molar-refractivity contribution in [3.8, 4) is 0 Å². The van der Waals surface area contributed by atoms with E-state index in [9.17, 15) is 15.3 Å². The number of hydrogen-bond acceptors (Lipinski definition) is 4. The van der Waals surface area contributed by atoms with Gasteiger partial charge in [0.2, 0.25) is 0 Å². The number of halogens is 1. The first-order valence-electron chi connectivity index (χ1n) is 10.3. The van der Waals surface area contributed by atoms with Gasteiger partial charge in [0.05, 0.1) is 11.7 Å². The molecule has 5 heteroatoms. The van der Waals surface area contributed by atoms with E-state index in [-0.39, 0.29) is 23.7 Å². The van der Waals surface area contributed by atoms with Crippen molar-refractivity contribution in [3.63, 3.8) is 0 Å². The van der Waals surface area contributed by atoms with E-state index in [1.165, 1.54) is 0 Å². The average molecular weight is 370 g/mol. The van der Waals surface area contributed by atoms with Gasteiger partial charge in [-0.3, -0.25) is 0 Å². The van der Waals surface area contributed by atoms with Crippen LogP contribution in [0.15, 0.2) is 11.6 Å². The topological polar surface area (TPSA) is 72.7 Å². The lowest BCUT2D eigenvalue weighted by atomic mass is 9.60. The zero-order chi connectivity index (χ0) is 19.2. The molecule has 3 fully saturated rings. The highest BCUT2D eigenvalue weighted by atomic mass is 19.1. The van der Waals surface area contributed by atoms with Gasteiger partial charge < -0.3 is 20.6 Å². The van der Waals surface area contributed by atoms with E-state index in [0.717, 1.165) is 25.7 Å². The van der Waals surface area contributed by atoms with Crippen LogP contribution in [0.1, 0.15) is 64.7 Å². The fraction of sp³-hybridized carbons (Fsp3) is 0.905. The molecule has 4 N–H and O–H groups in total. The fourth-order valence-electron chi connectivity index (χ4n) is 6.32. The Bertz CT molecular complexity index is 555. The van der Waals surface area contributed by atoms with Crippen molar-refractivity contribution in [2.75, 3.05) is 14.1 Å². The van der Waals surface area contributed by atoms with Gasteiger partial charge in [-0.15, -0.1) is 0 Å². The number of hydrogen-bond donors (Lipinski definition) is 4. The van der Waals surface area contributed by atoms with Crippen molar-refractivity contribution < 1.29 is 19.7 Å². The summed E-state index contributed by atoms with van der Waals surface area (Å²) in [5.41, 5.74) is -2.26. The summed E-state index contributed by atoms with van der Waals surface area (Å²) in [6.45, 7) is 2.23. The lowest BCUT2D eigenvalue weighted by molar-refractivity contribution is -0.0977. The minimum absolute atomic E-state index is 0.00577. The monoisotopic (exact) mass is 369 g/mol. The van der Waals surface area contributed by atoms with E-state index in [1.807, 2.05) is 20.2 Å². The Morgan fingerprint density at radius 2 is 1.81 bits per heavy atom. The number of aliphatic hydroxyl groups excluding tert-OH is 2. The van der Waals surface area contributed by atoms with Crippen LogP contribution in [0.5, 0.6) is 0 Å². The number of alkyl halides is 1. The van der Waals surface area contributed by atoms with Gasteiger partial charge in [0.15, 0.2) is 0 Å². The zero-order valence-electron chi connectivity index (χ0n) is 16.5. The second kappa shape index (κ2) is 7.16. The Morgan fingerprint density at radius 1 is 1.12 bits per heavy atom. The number of fused-ring (bicyclic) bond motifs is 4. The van der Waals surface area contributed by atoms with Crippen LogP contribution in [0.3, 0.4) is 0 Å². The maximum atomic E-state index is 15.7. The summed E-state index contributed by atoms with van der Waals surface area (Å²) < 4.78 is 15.7. The highest BCUT2D eigenvalue weighted by Crippen LogP contribution is 2.61. The third kappa shape index (κ3) is 3.05. The minimum Gasteiger partial charge on any atom is -0.393 e. The highest BCUT2D eigenvalue weighted by molar-refractivity contribution is 5.34. The van der Waals surface area contributed by atoms with E-state index in [4.69, 9.17) is 0 Å². The van der Waals surface area contributed by atoms with Crippen LogP contribution >= 0.6 is 0 Å². The smallest absolute Gasteiger partial charge is 0.145 e. The summed E-state index contributed by atoms with van der Waals surface area (Å²) in [4.78, 5) is 0. The third-order valence-electron chi connectivity index (χ3n) is 7.65. The Labute approximate surface area is 156 Å². The predicted octanol–water partition coefficient (Wildman–Crippen LogP) is 2.71. The molecule has 4 aliphatic rings. The molecule has 0 aliphatic heterocycles. The molecule has 7 atom stereocenters. The first kappa shape index (κ1) is 20.2. The van der Waals surface area contributed by atoms with Crippen LogP contribution in [0.2, 0.25) is 0 Å². The zero-order valence-corrected chi connectivity index (χ0v) is 16.5. The van der Waals surface area contributed by atoms with E-state index in [1.54, 1.807) is 0 Å². The minimum atomic E-state index is -1.79. The van der Waals surface area contributed by atoms with E-state index >= 15 is 4.39 Å². The van der Waals surface area contributed by atoms with Gasteiger partial charge in [0.1, 0.15) is 11.8 Å². The summed E-state index contributed by atoms with van der Waals surface area (Å²) in [6.07, 6.45) is 6.28. The van der Waals surface area contributed by atoms with Crippen molar-refractivity contribution in [1.82, 2.24) is 5.32 Å². The van der Waals surface area contributed by atoms with Crippen molar-refractivity contribution in [2.24, 2.45) is 17.3 Å². The Kier molecular flexibility index (Phi) is 5.57. The summed E-state index contributed by atoms with van der Waals surface area (Å²) >= 11 is 0. The molecule has 0 bridgehead atoms. The third-order valence-corrected chi connectivity index (χ3v) is 7.65. The van der Waals surface area contributed by atoms with E-state index in [0.29, 0.717) is 31.3 Å². The standard InChI is InChI=1S/C19H29FO3.C2H7N/c1-17-8-2-3-15(17)19(23)10-6-12-4-5-13(21)11-18(12,20)16(22)14(19)7-9-17;1-3-2/h7,12-13,15-16,21-23H,2-6,8-11H2,1H3;3H,1-2H3/t12?,13?,15?,16?,17?,18?,19-;/m1./s1. The summed E-state index contributed by atoms with van der Waals surface area (Å²) in [7, 11) is 3.75. The van der Waals surface area contributed by atoms with Crippen LogP contribution in [-0.2, 0) is 0 Å². The average Bonchev–Trinajstić information content (AvgIpc) is 2.94. The normalized spacial score (nSPS) is 50.3. The molecule has 4 nitrogen and oxygen atoms in total. The van der Waals surface area contributed by atoms with Crippen LogP contribution in [0, 0.1) is 17.3 Å². The number of rotatable bonds is 0. The molecule has 0 saturated heterocycles. The lowest BCUT2D eigenvalue weighted by Crippen LogP contribution is -2.55. The highest BCUT2D eigenvalue weighted by Gasteiger charge is 2.62. The quantitative estimate of drug-likeness (QED) is 0.496. The Hall–Kier alpha value is -0.490. The second-order valence-corrected chi connectivity index (χ2v) is 9.39. The van der Waals surface area contributed by atoms with Crippen LogP contribution in [-0.4, -0.2) is 52.9 Å². The molecule has 0 aromatic heterocycles. The molecule has 0 heterocycles. The summed E-state index contributed by atoms with van der Waals surface area (Å²) in [6, 6.07) is 0. The molecule has 0 aromatic carbocycles. The van der Waals surface area contributed by atoms with E-state index < -0.39 is 23.5 Å². The molecular weight excluding hydrogens is 333 g/mol. The molecule has 26 heavy (non-hydrogen) atoms. The maximum absolute atomic E-state index is 15.7. The predicted molar refractivity (Wildman–Crippen MR) is 101 cm³/mol. The van der Waals surface area contributed by atoms with Gasteiger partial charge in [-0.1, -0.05) is 19.4 Å². The summed E-state index contributed by atoms with van der Waals surface area (Å²) in [5.74, 6) is -0.137. The van der Waals surface area contributed by atoms with Gasteiger partial charge in [-0.05, 0) is 81.9 Å². The molecule has 3 saturated carbocycles. The van der Waals surface area contributed by atoms with Crippen molar-refractivity contribution in [2.45, 2.75) is 88.2 Å². The van der Waals surface area contributed by atoms with E-state index in [2.05, 4.69) is 12.2 Å². The SMILES string of the molecule is CC12CC=C3C(O)C4(F)CC(O)CCC4CC[C@]3(O)C1CCC2.CNC. The number of allylic oxidation sites excluding steroid dienone is 1. The fourth-order valence-corrected chi connectivity index (χ4v) is 6.32. The molecule has 4 aliphatic carbocycles. The van der Waals surface area contributed by atoms with Crippen molar-refractivity contribution in [3.05, 3.63) is 11.6 Å². The second-order valence-electron chi connectivity index (χ2n) is 9.39. The van der Waals surface area contributed by atoms with Crippen molar-refractivity contribution >= 4 is 0 Å². The molecule has 0 aromatic rings. The largest absolute Gasteiger partial charge is 0.393 e. The maximum Gasteiger partial charge on any atom is 0.145 e. The van der Waals surface area contributed by atoms with Gasteiger partial charge in [0, 0.05) is 6.42 Å². The Morgan fingerprint density at radius 3 is 2.50 bits per heavy atom. The number of aliphatic hydroxyl groups is 3. The van der Waals surface area contributed by atoms with Gasteiger partial charge in [-0.2, -0.15) is 0 Å². The molecule has 0 radical (unpaired) electrons. The first-order valence-corrected chi connectivity index (χ1v) is 10.3. The van der Waals surface area contributed by atoms with Crippen LogP contribution in [0.4, 0.5) is 4.39 Å². The van der Waals surface area contributed by atoms with Gasteiger partial charge in [0.25, 0.3) is 0 Å².